The van der Waals surface area contributed by atoms with Crippen LogP contribution in [0.2, 0.25) is 0 Å². The van der Waals surface area contributed by atoms with Gasteiger partial charge in [-0.2, -0.15) is 0 Å². The number of nitrogen functional groups attached to an aromatic ring is 1. The van der Waals surface area contributed by atoms with Gasteiger partial charge in [0.25, 0.3) is 5.91 Å². The van der Waals surface area contributed by atoms with Gasteiger partial charge >= 0.3 is 0 Å². The molecule has 1 unspecified atom stereocenters. The molecule has 0 aromatic heterocycles. The normalized spacial score (nSPS) is 16.1. The van der Waals surface area contributed by atoms with Gasteiger partial charge in [0.15, 0.2) is 0 Å². The van der Waals surface area contributed by atoms with E-state index in [1.54, 1.807) is 0 Å². The number of carbonyl (C=O) groups is 1. The van der Waals surface area contributed by atoms with Crippen LogP contribution < -0.4 is 11.1 Å². The number of hydrogen-bond donors (Lipinski definition) is 2. The molecule has 1 aliphatic rings. The van der Waals surface area contributed by atoms with Gasteiger partial charge in [-0.15, -0.1) is 0 Å². The zero-order valence-electron chi connectivity index (χ0n) is 10.9. The summed E-state index contributed by atoms with van der Waals surface area (Å²) in [6.45, 7) is 0.518. The van der Waals surface area contributed by atoms with E-state index < -0.39 is 11.7 Å². The zero-order valence-corrected chi connectivity index (χ0v) is 10.9. The summed E-state index contributed by atoms with van der Waals surface area (Å²) < 4.78 is 13.6. The highest BCUT2D eigenvalue weighted by atomic mass is 19.1. The predicted molar refractivity (Wildman–Crippen MR) is 76.0 cm³/mol. The monoisotopic (exact) mass is 270 g/mol. The fraction of sp³-hybridized carbons (Fsp3) is 0.188. The van der Waals surface area contributed by atoms with E-state index in [0.717, 1.165) is 6.42 Å². The molecule has 2 aromatic rings. The van der Waals surface area contributed by atoms with Gasteiger partial charge in [-0.1, -0.05) is 24.3 Å². The number of benzene rings is 2. The van der Waals surface area contributed by atoms with Gasteiger partial charge in [-0.3, -0.25) is 4.79 Å². The topological polar surface area (TPSA) is 55.1 Å². The summed E-state index contributed by atoms with van der Waals surface area (Å²) in [7, 11) is 0. The molecule has 1 amide bonds. The fourth-order valence-corrected chi connectivity index (χ4v) is 2.57. The number of fused-ring (bicyclic) bond motifs is 1. The van der Waals surface area contributed by atoms with Crippen molar-refractivity contribution in [3.05, 3.63) is 65.0 Å². The molecule has 0 bridgehead atoms. The van der Waals surface area contributed by atoms with Crippen molar-refractivity contribution in [2.75, 3.05) is 12.3 Å². The number of rotatable bonds is 3. The number of anilines is 1. The number of amides is 1. The lowest BCUT2D eigenvalue weighted by Crippen LogP contribution is -2.33. The molecule has 102 valence electrons. The van der Waals surface area contributed by atoms with E-state index >= 15 is 0 Å². The molecule has 0 aliphatic heterocycles. The van der Waals surface area contributed by atoms with Crippen molar-refractivity contribution in [3.63, 3.8) is 0 Å². The van der Waals surface area contributed by atoms with Crippen LogP contribution in [0.5, 0.6) is 0 Å². The summed E-state index contributed by atoms with van der Waals surface area (Å²) in [5.41, 5.74) is 8.54. The second-order valence-electron chi connectivity index (χ2n) is 5.05. The highest BCUT2D eigenvalue weighted by molar-refractivity contribution is 5.95. The molecular formula is C16H15FN2O. The maximum atomic E-state index is 13.6. The van der Waals surface area contributed by atoms with Crippen LogP contribution in [0, 0.1) is 5.82 Å². The molecule has 2 aromatic carbocycles. The molecule has 0 heterocycles. The van der Waals surface area contributed by atoms with Crippen molar-refractivity contribution in [1.82, 2.24) is 5.32 Å². The average molecular weight is 270 g/mol. The lowest BCUT2D eigenvalue weighted by Gasteiger charge is -2.30. The number of nitrogens with one attached hydrogen (secondary N) is 1. The summed E-state index contributed by atoms with van der Waals surface area (Å²) in [5, 5.41) is 2.78. The van der Waals surface area contributed by atoms with Crippen LogP contribution in [-0.2, 0) is 6.42 Å². The molecule has 0 radical (unpaired) electrons. The Balaban J connectivity index is 1.65. The molecule has 1 aliphatic carbocycles. The van der Waals surface area contributed by atoms with Crippen molar-refractivity contribution in [2.24, 2.45) is 0 Å². The van der Waals surface area contributed by atoms with Crippen LogP contribution in [0.25, 0.3) is 0 Å². The van der Waals surface area contributed by atoms with Crippen molar-refractivity contribution in [1.29, 1.82) is 0 Å². The molecular weight excluding hydrogens is 255 g/mol. The molecule has 20 heavy (non-hydrogen) atoms. The van der Waals surface area contributed by atoms with E-state index in [0.29, 0.717) is 18.2 Å². The van der Waals surface area contributed by atoms with Crippen LogP contribution in [-0.4, -0.2) is 12.5 Å². The van der Waals surface area contributed by atoms with Crippen LogP contribution in [0.4, 0.5) is 10.1 Å². The molecule has 1 atom stereocenters. The predicted octanol–water partition coefficient (Wildman–Crippen LogP) is 2.48. The van der Waals surface area contributed by atoms with Crippen LogP contribution in [0.15, 0.2) is 42.5 Å². The van der Waals surface area contributed by atoms with Gasteiger partial charge < -0.3 is 11.1 Å². The first-order valence-corrected chi connectivity index (χ1v) is 6.56. The van der Waals surface area contributed by atoms with Gasteiger partial charge in [0.05, 0.1) is 5.56 Å². The van der Waals surface area contributed by atoms with Gasteiger partial charge in [-0.25, -0.2) is 4.39 Å². The third kappa shape index (κ3) is 2.25. The molecule has 0 fully saturated rings. The van der Waals surface area contributed by atoms with E-state index in [4.69, 9.17) is 5.73 Å². The van der Waals surface area contributed by atoms with Gasteiger partial charge in [0.1, 0.15) is 5.82 Å². The Morgan fingerprint density at radius 1 is 1.30 bits per heavy atom. The van der Waals surface area contributed by atoms with E-state index in [9.17, 15) is 9.18 Å². The Hall–Kier alpha value is -2.36. The summed E-state index contributed by atoms with van der Waals surface area (Å²) in [6, 6.07) is 12.2. The Morgan fingerprint density at radius 3 is 2.90 bits per heavy atom. The van der Waals surface area contributed by atoms with Gasteiger partial charge in [0.2, 0.25) is 0 Å². The van der Waals surface area contributed by atoms with E-state index in [1.165, 1.54) is 29.3 Å². The third-order valence-electron chi connectivity index (χ3n) is 3.71. The molecule has 4 heteroatoms. The minimum Gasteiger partial charge on any atom is -0.399 e. The second kappa shape index (κ2) is 4.96. The minimum atomic E-state index is -0.550. The average Bonchev–Trinajstić information content (AvgIpc) is 2.42. The summed E-state index contributed by atoms with van der Waals surface area (Å²) >= 11 is 0. The lowest BCUT2D eigenvalue weighted by atomic mass is 9.77. The van der Waals surface area contributed by atoms with Crippen molar-refractivity contribution in [3.8, 4) is 0 Å². The summed E-state index contributed by atoms with van der Waals surface area (Å²) in [4.78, 5) is 12.0. The largest absolute Gasteiger partial charge is 0.399 e. The SMILES string of the molecule is Nc1ccc(F)c(C(=O)NCC2Cc3ccccc32)c1. The summed E-state index contributed by atoms with van der Waals surface area (Å²) in [6.07, 6.45) is 0.954. The fourth-order valence-electron chi connectivity index (χ4n) is 2.57. The van der Waals surface area contributed by atoms with Crippen LogP contribution in [0.3, 0.4) is 0 Å². The van der Waals surface area contributed by atoms with E-state index in [1.807, 2.05) is 12.1 Å². The Bertz CT molecular complexity index is 669. The standard InChI is InChI=1S/C16H15FN2O/c17-15-6-5-12(18)8-14(15)16(20)19-9-11-7-10-3-1-2-4-13(10)11/h1-6,8,11H,7,9,18H2,(H,19,20). The van der Waals surface area contributed by atoms with Crippen LogP contribution in [0.1, 0.15) is 27.4 Å². The smallest absolute Gasteiger partial charge is 0.254 e. The second-order valence-corrected chi connectivity index (χ2v) is 5.05. The maximum absolute atomic E-state index is 13.6. The molecule has 3 rings (SSSR count). The third-order valence-corrected chi connectivity index (χ3v) is 3.71. The Kier molecular flexibility index (Phi) is 3.14. The van der Waals surface area contributed by atoms with E-state index in [-0.39, 0.29) is 5.56 Å². The van der Waals surface area contributed by atoms with Crippen LogP contribution >= 0.6 is 0 Å². The first-order valence-electron chi connectivity index (χ1n) is 6.56. The maximum Gasteiger partial charge on any atom is 0.254 e. The molecule has 3 nitrogen and oxygen atoms in total. The Labute approximate surface area is 116 Å². The minimum absolute atomic E-state index is 0.00221. The molecule has 0 saturated carbocycles. The van der Waals surface area contributed by atoms with E-state index in [2.05, 4.69) is 17.4 Å². The lowest BCUT2D eigenvalue weighted by molar-refractivity contribution is 0.0946. The summed E-state index contributed by atoms with van der Waals surface area (Å²) in [5.74, 6) is -0.649. The van der Waals surface area contributed by atoms with Crippen molar-refractivity contribution >= 4 is 11.6 Å². The number of carbonyl (C=O) groups excluding carboxylic acids is 1. The zero-order chi connectivity index (χ0) is 14.1. The first kappa shape index (κ1) is 12.7. The Morgan fingerprint density at radius 2 is 2.10 bits per heavy atom. The number of halogens is 1. The number of nitrogens with two attached hydrogens (primary N) is 1. The molecule has 0 saturated heterocycles. The highest BCUT2D eigenvalue weighted by Crippen LogP contribution is 2.34. The molecule has 3 N–H and O–H groups in total. The first-order chi connectivity index (χ1) is 9.65. The highest BCUT2D eigenvalue weighted by Gasteiger charge is 2.25. The van der Waals surface area contributed by atoms with Crippen molar-refractivity contribution < 1.29 is 9.18 Å². The van der Waals surface area contributed by atoms with Gasteiger partial charge in [-0.05, 0) is 35.7 Å². The van der Waals surface area contributed by atoms with Crippen molar-refractivity contribution in [2.45, 2.75) is 12.3 Å². The molecule has 0 spiro atoms. The number of hydrogen-bond acceptors (Lipinski definition) is 2. The van der Waals surface area contributed by atoms with Gasteiger partial charge in [0, 0.05) is 18.2 Å². The quantitative estimate of drug-likeness (QED) is 0.842.